The number of furan rings is 1. The summed E-state index contributed by atoms with van der Waals surface area (Å²) in [6.07, 6.45) is 1.07. The van der Waals surface area contributed by atoms with Crippen molar-refractivity contribution in [3.8, 4) is 22.5 Å². The molecule has 10 nitrogen and oxygen atoms in total. The number of carbonyl (C=O) groups is 2. The van der Waals surface area contributed by atoms with Gasteiger partial charge >= 0.3 is 5.69 Å². The fraction of sp³-hybridized carbons (Fsp3) is 0.0952. The summed E-state index contributed by atoms with van der Waals surface area (Å²) in [6, 6.07) is 13.2. The van der Waals surface area contributed by atoms with E-state index < -0.39 is 4.92 Å². The second-order valence-electron chi connectivity index (χ2n) is 6.57. The van der Waals surface area contributed by atoms with E-state index in [1.54, 1.807) is 48.5 Å². The van der Waals surface area contributed by atoms with E-state index in [0.29, 0.717) is 22.5 Å². The van der Waals surface area contributed by atoms with Gasteiger partial charge in [0.1, 0.15) is 11.3 Å². The van der Waals surface area contributed by atoms with Crippen LogP contribution in [0, 0.1) is 10.1 Å². The van der Waals surface area contributed by atoms with Crippen LogP contribution < -0.4 is 16.5 Å². The van der Waals surface area contributed by atoms with Crippen molar-refractivity contribution in [3.05, 3.63) is 64.4 Å². The van der Waals surface area contributed by atoms with Gasteiger partial charge < -0.3 is 20.9 Å². The Hall–Kier alpha value is -4.47. The number of amides is 2. The summed E-state index contributed by atoms with van der Waals surface area (Å²) in [4.78, 5) is 33.8. The van der Waals surface area contributed by atoms with Crippen molar-refractivity contribution in [3.63, 3.8) is 0 Å². The van der Waals surface area contributed by atoms with E-state index in [4.69, 9.17) is 10.3 Å². The zero-order valence-electron chi connectivity index (χ0n) is 16.7. The third kappa shape index (κ3) is 4.75. The number of hydrogen-bond donors (Lipinski definition) is 3. The minimum atomic E-state index is -0.563. The lowest BCUT2D eigenvalue weighted by atomic mass is 9.99. The lowest BCUT2D eigenvalue weighted by molar-refractivity contribution is -0.384. The summed E-state index contributed by atoms with van der Waals surface area (Å²) in [6.45, 7) is 2.78. The molecule has 10 heteroatoms. The molecule has 0 bridgehead atoms. The minimum absolute atomic E-state index is 0.102. The second-order valence-corrected chi connectivity index (χ2v) is 6.57. The summed E-state index contributed by atoms with van der Waals surface area (Å²) in [5.74, 6) is 4.89. The Balaban J connectivity index is 2.17. The summed E-state index contributed by atoms with van der Waals surface area (Å²) in [5.41, 5.74) is 2.12. The molecule has 2 aromatic carbocycles. The zero-order valence-corrected chi connectivity index (χ0v) is 16.7. The predicted octanol–water partition coefficient (Wildman–Crippen LogP) is 3.73. The summed E-state index contributed by atoms with van der Waals surface area (Å²) >= 11 is 0. The van der Waals surface area contributed by atoms with Crippen LogP contribution in [0.25, 0.3) is 22.5 Å². The fourth-order valence-electron chi connectivity index (χ4n) is 3.08. The number of anilines is 2. The van der Waals surface area contributed by atoms with Crippen LogP contribution >= 0.6 is 0 Å². The Morgan fingerprint density at radius 3 is 1.87 bits per heavy atom. The van der Waals surface area contributed by atoms with Crippen LogP contribution in [0.1, 0.15) is 19.6 Å². The van der Waals surface area contributed by atoms with Crippen molar-refractivity contribution in [2.75, 3.05) is 10.6 Å². The molecule has 0 saturated carbocycles. The largest absolute Gasteiger partial charge is 0.447 e. The standard InChI is InChI=1S/C21H19N5O5/c1-12(27)24-16-7-3-14(4-8-16)19-20(26(29)30)18(11-23-22)31-21(19)15-5-9-17(10-6-15)25-13(2)28/h3-11H,22H2,1-2H3,(H,24,27)(H,25,28)/b23-11-. The van der Waals surface area contributed by atoms with Crippen molar-refractivity contribution in [2.45, 2.75) is 13.8 Å². The normalized spacial score (nSPS) is 10.8. The molecule has 0 radical (unpaired) electrons. The molecule has 0 aliphatic rings. The second kappa shape index (κ2) is 8.91. The van der Waals surface area contributed by atoms with E-state index in [9.17, 15) is 19.7 Å². The number of nitrogens with zero attached hydrogens (tertiary/aromatic N) is 2. The van der Waals surface area contributed by atoms with Crippen LogP contribution in [-0.4, -0.2) is 23.0 Å². The SMILES string of the molecule is CC(=O)Nc1ccc(-c2oc(/C=N\N)c([N+](=O)[O-])c2-c2ccc(NC(C)=O)cc2)cc1. The number of benzene rings is 2. The molecule has 4 N–H and O–H groups in total. The lowest BCUT2D eigenvalue weighted by Gasteiger charge is -2.07. The monoisotopic (exact) mass is 421 g/mol. The molecular formula is C21H19N5O5. The molecule has 0 saturated heterocycles. The van der Waals surface area contributed by atoms with Gasteiger partial charge in [0.15, 0.2) is 0 Å². The van der Waals surface area contributed by atoms with E-state index in [1.165, 1.54) is 13.8 Å². The molecule has 0 fully saturated rings. The summed E-state index contributed by atoms with van der Waals surface area (Å²) in [7, 11) is 0. The number of nitrogens with two attached hydrogens (primary N) is 1. The van der Waals surface area contributed by atoms with Gasteiger partial charge in [-0.1, -0.05) is 12.1 Å². The van der Waals surface area contributed by atoms with Gasteiger partial charge in [-0.3, -0.25) is 19.7 Å². The van der Waals surface area contributed by atoms with Crippen LogP contribution in [-0.2, 0) is 9.59 Å². The topological polar surface area (TPSA) is 153 Å². The molecule has 31 heavy (non-hydrogen) atoms. The van der Waals surface area contributed by atoms with E-state index in [1.807, 2.05) is 0 Å². The number of rotatable bonds is 6. The molecule has 1 aromatic heterocycles. The van der Waals surface area contributed by atoms with E-state index in [2.05, 4.69) is 15.7 Å². The van der Waals surface area contributed by atoms with Crippen LogP contribution in [0.2, 0.25) is 0 Å². The fourth-order valence-corrected chi connectivity index (χ4v) is 3.08. The predicted molar refractivity (Wildman–Crippen MR) is 117 cm³/mol. The van der Waals surface area contributed by atoms with Crippen LogP contribution in [0.3, 0.4) is 0 Å². The van der Waals surface area contributed by atoms with Crippen LogP contribution in [0.5, 0.6) is 0 Å². The van der Waals surface area contributed by atoms with Crippen molar-refractivity contribution < 1.29 is 18.9 Å². The molecular weight excluding hydrogens is 402 g/mol. The Morgan fingerprint density at radius 2 is 1.45 bits per heavy atom. The Kier molecular flexibility index (Phi) is 6.10. The highest BCUT2D eigenvalue weighted by Crippen LogP contribution is 2.43. The molecule has 0 atom stereocenters. The first-order valence-corrected chi connectivity index (χ1v) is 9.10. The van der Waals surface area contributed by atoms with Gasteiger partial charge in [0.05, 0.1) is 11.1 Å². The van der Waals surface area contributed by atoms with Crippen molar-refractivity contribution in [1.29, 1.82) is 0 Å². The van der Waals surface area contributed by atoms with E-state index in [-0.39, 0.29) is 34.6 Å². The molecule has 3 aromatic rings. The number of nitrogens with one attached hydrogen (secondary N) is 2. The van der Waals surface area contributed by atoms with Gasteiger partial charge in [0, 0.05) is 30.8 Å². The van der Waals surface area contributed by atoms with Crippen LogP contribution in [0.4, 0.5) is 17.1 Å². The highest BCUT2D eigenvalue weighted by molar-refractivity contribution is 5.96. The molecule has 1 heterocycles. The molecule has 0 spiro atoms. The number of hydrogen-bond acceptors (Lipinski definition) is 7. The zero-order chi connectivity index (χ0) is 22.5. The maximum Gasteiger partial charge on any atom is 0.324 e. The number of carbonyl (C=O) groups excluding carboxylic acids is 2. The van der Waals surface area contributed by atoms with Gasteiger partial charge in [0.2, 0.25) is 17.6 Å². The first kappa shape index (κ1) is 21.2. The Bertz CT molecular complexity index is 1160. The Morgan fingerprint density at radius 1 is 0.968 bits per heavy atom. The van der Waals surface area contributed by atoms with Gasteiger partial charge in [-0.2, -0.15) is 5.10 Å². The summed E-state index contributed by atoms with van der Waals surface area (Å²) < 4.78 is 5.78. The molecule has 0 aliphatic carbocycles. The number of hydrazone groups is 1. The van der Waals surface area contributed by atoms with E-state index >= 15 is 0 Å². The third-order valence-corrected chi connectivity index (χ3v) is 4.25. The average Bonchev–Trinajstić information content (AvgIpc) is 3.08. The average molecular weight is 421 g/mol. The van der Waals surface area contributed by atoms with Crippen LogP contribution in [0.15, 0.2) is 58.0 Å². The smallest absolute Gasteiger partial charge is 0.324 e. The van der Waals surface area contributed by atoms with Crippen molar-refractivity contribution in [2.24, 2.45) is 10.9 Å². The lowest BCUT2D eigenvalue weighted by Crippen LogP contribution is -2.05. The molecule has 2 amide bonds. The quantitative estimate of drug-likeness (QED) is 0.238. The van der Waals surface area contributed by atoms with Gasteiger partial charge in [-0.15, -0.1) is 0 Å². The highest BCUT2D eigenvalue weighted by atomic mass is 16.6. The summed E-state index contributed by atoms with van der Waals surface area (Å²) in [5, 5.41) is 20.5. The molecule has 158 valence electrons. The molecule has 0 aliphatic heterocycles. The van der Waals surface area contributed by atoms with Gasteiger partial charge in [-0.25, -0.2) is 0 Å². The first-order chi connectivity index (χ1) is 14.8. The van der Waals surface area contributed by atoms with Gasteiger partial charge in [-0.05, 0) is 42.0 Å². The van der Waals surface area contributed by atoms with Crippen molar-refractivity contribution in [1.82, 2.24) is 0 Å². The minimum Gasteiger partial charge on any atom is -0.447 e. The number of nitro groups is 1. The first-order valence-electron chi connectivity index (χ1n) is 9.10. The molecule has 0 unspecified atom stereocenters. The maximum atomic E-state index is 11.9. The van der Waals surface area contributed by atoms with E-state index in [0.717, 1.165) is 6.21 Å². The molecule has 3 rings (SSSR count). The van der Waals surface area contributed by atoms with Crippen molar-refractivity contribution >= 4 is 35.1 Å². The highest BCUT2D eigenvalue weighted by Gasteiger charge is 2.30. The maximum absolute atomic E-state index is 11.9. The Labute approximate surface area is 176 Å². The third-order valence-electron chi connectivity index (χ3n) is 4.25. The van der Waals surface area contributed by atoms with Gasteiger partial charge in [0.25, 0.3) is 0 Å².